The fraction of sp³-hybridized carbons (Fsp3) is 0.400. The van der Waals surface area contributed by atoms with Crippen LogP contribution in [0.2, 0.25) is 0 Å². The van der Waals surface area contributed by atoms with Crippen LogP contribution in [0.4, 0.5) is 4.39 Å². The summed E-state index contributed by atoms with van der Waals surface area (Å²) in [6.07, 6.45) is 10.7. The second-order valence-corrected chi connectivity index (χ2v) is 10.9. The van der Waals surface area contributed by atoms with Crippen molar-refractivity contribution in [3.63, 3.8) is 0 Å². The lowest BCUT2D eigenvalue weighted by atomic mass is 9.77. The fourth-order valence-corrected chi connectivity index (χ4v) is 5.56. The Kier molecular flexibility index (Phi) is 10.4. The highest BCUT2D eigenvalue weighted by molar-refractivity contribution is 5.92. The SMILES string of the molecule is C=C(C)C(=O)NCCOc1ccc(-c2ccc(-c3ccc(C4CCC(CCCCC)CC4)cc3)cc2F)cc1. The lowest BCUT2D eigenvalue weighted by Crippen LogP contribution is -2.28. The minimum Gasteiger partial charge on any atom is -0.492 e. The Morgan fingerprint density at radius 1 is 0.923 bits per heavy atom. The summed E-state index contributed by atoms with van der Waals surface area (Å²) in [6.45, 7) is 8.29. The van der Waals surface area contributed by atoms with Gasteiger partial charge < -0.3 is 10.1 Å². The number of benzene rings is 3. The molecule has 0 saturated heterocycles. The Labute approximate surface area is 233 Å². The van der Waals surface area contributed by atoms with Crippen LogP contribution in [-0.4, -0.2) is 19.1 Å². The molecular weight excluding hydrogens is 485 g/mol. The van der Waals surface area contributed by atoms with E-state index >= 15 is 4.39 Å². The monoisotopic (exact) mass is 527 g/mol. The third kappa shape index (κ3) is 8.05. The molecule has 1 N–H and O–H groups in total. The van der Waals surface area contributed by atoms with Gasteiger partial charge in [0.05, 0.1) is 6.54 Å². The molecule has 1 aliphatic rings. The quantitative estimate of drug-likeness (QED) is 0.188. The highest BCUT2D eigenvalue weighted by Gasteiger charge is 2.22. The molecule has 0 spiro atoms. The highest BCUT2D eigenvalue weighted by Crippen LogP contribution is 2.38. The van der Waals surface area contributed by atoms with Crippen LogP contribution < -0.4 is 10.1 Å². The van der Waals surface area contributed by atoms with Gasteiger partial charge in [0, 0.05) is 11.1 Å². The number of rotatable bonds is 12. The van der Waals surface area contributed by atoms with Crippen molar-refractivity contribution in [2.45, 2.75) is 71.1 Å². The van der Waals surface area contributed by atoms with Crippen molar-refractivity contribution in [2.75, 3.05) is 13.2 Å². The van der Waals surface area contributed by atoms with Crippen LogP contribution in [0, 0.1) is 11.7 Å². The minimum atomic E-state index is -0.242. The van der Waals surface area contributed by atoms with E-state index in [9.17, 15) is 4.79 Å². The van der Waals surface area contributed by atoms with Gasteiger partial charge in [0.25, 0.3) is 0 Å². The first-order valence-electron chi connectivity index (χ1n) is 14.5. The van der Waals surface area contributed by atoms with Gasteiger partial charge in [-0.1, -0.05) is 87.7 Å². The molecule has 3 aromatic rings. The molecule has 1 aliphatic carbocycles. The van der Waals surface area contributed by atoms with Crippen molar-refractivity contribution in [1.82, 2.24) is 5.32 Å². The number of carbonyl (C=O) groups excluding carboxylic acids is 1. The third-order valence-corrected chi connectivity index (χ3v) is 7.96. The molecule has 0 aliphatic heterocycles. The topological polar surface area (TPSA) is 38.3 Å². The summed E-state index contributed by atoms with van der Waals surface area (Å²) in [5.41, 5.74) is 5.17. The number of unbranched alkanes of at least 4 members (excludes halogenated alkanes) is 2. The number of ether oxygens (including phenoxy) is 1. The number of nitrogens with one attached hydrogen (secondary N) is 1. The first-order valence-corrected chi connectivity index (χ1v) is 14.5. The van der Waals surface area contributed by atoms with Crippen LogP contribution in [0.15, 0.2) is 78.9 Å². The Morgan fingerprint density at radius 2 is 1.59 bits per heavy atom. The Hall–Kier alpha value is -3.40. The molecule has 1 saturated carbocycles. The third-order valence-electron chi connectivity index (χ3n) is 7.96. The van der Waals surface area contributed by atoms with Gasteiger partial charge in [-0.05, 0) is 84.9 Å². The first-order chi connectivity index (χ1) is 18.9. The fourth-order valence-electron chi connectivity index (χ4n) is 5.56. The zero-order valence-electron chi connectivity index (χ0n) is 23.5. The van der Waals surface area contributed by atoms with E-state index in [0.29, 0.717) is 36.0 Å². The van der Waals surface area contributed by atoms with E-state index in [4.69, 9.17) is 4.74 Å². The molecular formula is C35H42FNO2. The van der Waals surface area contributed by atoms with Crippen molar-refractivity contribution >= 4 is 5.91 Å². The summed E-state index contributed by atoms with van der Waals surface area (Å²) < 4.78 is 20.8. The van der Waals surface area contributed by atoms with Crippen LogP contribution in [0.5, 0.6) is 5.75 Å². The molecule has 0 unspecified atom stereocenters. The molecule has 0 aromatic heterocycles. The zero-order valence-corrected chi connectivity index (χ0v) is 23.5. The van der Waals surface area contributed by atoms with Gasteiger partial charge in [0.1, 0.15) is 18.2 Å². The summed E-state index contributed by atoms with van der Waals surface area (Å²) in [6, 6.07) is 21.6. The molecule has 0 atom stereocenters. The number of carbonyl (C=O) groups is 1. The van der Waals surface area contributed by atoms with Gasteiger partial charge in [-0.2, -0.15) is 0 Å². The number of halogens is 1. The standard InChI is InChI=1S/C35H42FNO2/c1-4-5-6-7-26-8-10-27(11-9-26)28-12-14-29(15-13-28)31-18-21-33(34(36)24-31)30-16-19-32(20-17-30)39-23-22-37-35(38)25(2)3/h12-21,24,26-27H,2,4-11,22-23H2,1,3H3,(H,37,38). The second kappa shape index (κ2) is 14.1. The molecule has 39 heavy (non-hydrogen) atoms. The lowest BCUT2D eigenvalue weighted by Gasteiger charge is -2.29. The van der Waals surface area contributed by atoms with Crippen LogP contribution in [0.3, 0.4) is 0 Å². The summed E-state index contributed by atoms with van der Waals surface area (Å²) in [5.74, 6) is 1.82. The van der Waals surface area contributed by atoms with E-state index in [1.807, 2.05) is 36.4 Å². The van der Waals surface area contributed by atoms with E-state index in [1.165, 1.54) is 56.9 Å². The minimum absolute atomic E-state index is 0.181. The van der Waals surface area contributed by atoms with E-state index in [2.05, 4.69) is 43.1 Å². The number of amides is 1. The lowest BCUT2D eigenvalue weighted by molar-refractivity contribution is -0.117. The van der Waals surface area contributed by atoms with Gasteiger partial charge in [0.15, 0.2) is 0 Å². The zero-order chi connectivity index (χ0) is 27.6. The Balaban J connectivity index is 1.31. The Morgan fingerprint density at radius 3 is 2.23 bits per heavy atom. The summed E-state index contributed by atoms with van der Waals surface area (Å²) in [7, 11) is 0. The van der Waals surface area contributed by atoms with E-state index in [-0.39, 0.29) is 11.7 Å². The van der Waals surface area contributed by atoms with Gasteiger partial charge in [-0.15, -0.1) is 0 Å². The number of hydrogen-bond acceptors (Lipinski definition) is 2. The summed E-state index contributed by atoms with van der Waals surface area (Å²) >= 11 is 0. The summed E-state index contributed by atoms with van der Waals surface area (Å²) in [5, 5.41) is 2.73. The highest BCUT2D eigenvalue weighted by atomic mass is 19.1. The van der Waals surface area contributed by atoms with Gasteiger partial charge in [0.2, 0.25) is 5.91 Å². The van der Waals surface area contributed by atoms with E-state index in [0.717, 1.165) is 22.6 Å². The van der Waals surface area contributed by atoms with Crippen molar-refractivity contribution in [1.29, 1.82) is 0 Å². The van der Waals surface area contributed by atoms with Gasteiger partial charge >= 0.3 is 0 Å². The van der Waals surface area contributed by atoms with Crippen molar-refractivity contribution in [2.24, 2.45) is 5.92 Å². The Bertz CT molecular complexity index is 1220. The molecule has 1 fully saturated rings. The first kappa shape index (κ1) is 28.6. The van der Waals surface area contributed by atoms with Crippen molar-refractivity contribution in [3.05, 3.63) is 90.3 Å². The molecule has 3 aromatic carbocycles. The predicted molar refractivity (Wildman–Crippen MR) is 159 cm³/mol. The summed E-state index contributed by atoms with van der Waals surface area (Å²) in [4.78, 5) is 11.5. The molecule has 0 bridgehead atoms. The van der Waals surface area contributed by atoms with Gasteiger partial charge in [-0.3, -0.25) is 4.79 Å². The van der Waals surface area contributed by atoms with Crippen molar-refractivity contribution in [3.8, 4) is 28.0 Å². The maximum absolute atomic E-state index is 15.2. The van der Waals surface area contributed by atoms with Crippen LogP contribution in [0.25, 0.3) is 22.3 Å². The van der Waals surface area contributed by atoms with Gasteiger partial charge in [-0.25, -0.2) is 4.39 Å². The molecule has 3 nitrogen and oxygen atoms in total. The molecule has 1 amide bonds. The smallest absolute Gasteiger partial charge is 0.246 e. The van der Waals surface area contributed by atoms with Crippen LogP contribution in [0.1, 0.15) is 76.7 Å². The maximum atomic E-state index is 15.2. The van der Waals surface area contributed by atoms with Crippen molar-refractivity contribution < 1.29 is 13.9 Å². The largest absolute Gasteiger partial charge is 0.492 e. The van der Waals surface area contributed by atoms with E-state index in [1.54, 1.807) is 13.0 Å². The normalized spacial score (nSPS) is 17.0. The van der Waals surface area contributed by atoms with Crippen LogP contribution in [-0.2, 0) is 4.79 Å². The average Bonchev–Trinajstić information content (AvgIpc) is 2.96. The molecule has 4 rings (SSSR count). The van der Waals surface area contributed by atoms with E-state index < -0.39 is 0 Å². The maximum Gasteiger partial charge on any atom is 0.246 e. The van der Waals surface area contributed by atoms with Crippen LogP contribution >= 0.6 is 0 Å². The molecule has 4 heteroatoms. The molecule has 0 heterocycles. The molecule has 206 valence electrons. The predicted octanol–water partition coefficient (Wildman–Crippen LogP) is 9.08. The number of hydrogen-bond donors (Lipinski definition) is 1. The average molecular weight is 528 g/mol. The second-order valence-electron chi connectivity index (χ2n) is 10.9. The molecule has 0 radical (unpaired) electrons.